The monoisotopic (exact) mass is 396 g/mol. The Hall–Kier alpha value is -2.67. The average Bonchev–Trinajstić information content (AvgIpc) is 2.98. The van der Waals surface area contributed by atoms with E-state index in [4.69, 9.17) is 16.3 Å². The topological polar surface area (TPSA) is 43.3 Å². The van der Waals surface area contributed by atoms with Crippen molar-refractivity contribution in [2.75, 3.05) is 11.9 Å². The molecule has 0 aliphatic heterocycles. The van der Waals surface area contributed by atoms with E-state index in [2.05, 4.69) is 5.32 Å². The lowest BCUT2D eigenvalue weighted by molar-refractivity contribution is -0.137. The third kappa shape index (κ3) is 4.36. The van der Waals surface area contributed by atoms with Crippen LogP contribution in [0.15, 0.2) is 48.7 Å². The Balaban J connectivity index is 1.77. The number of aromatic nitrogens is 1. The van der Waals surface area contributed by atoms with Gasteiger partial charge in [-0.3, -0.25) is 4.79 Å². The van der Waals surface area contributed by atoms with Gasteiger partial charge in [0.1, 0.15) is 12.3 Å². The minimum atomic E-state index is -4.51. The summed E-state index contributed by atoms with van der Waals surface area (Å²) in [6.07, 6.45) is -2.79. The predicted octanol–water partition coefficient (Wildman–Crippen LogP) is 5.35. The van der Waals surface area contributed by atoms with E-state index in [0.29, 0.717) is 6.61 Å². The van der Waals surface area contributed by atoms with E-state index in [-0.39, 0.29) is 17.3 Å². The standard InChI is InChI=1S/C19H16ClF3N2O2/c1-2-27-14-4-6-17-12(9-14)7-8-25(17)11-18(26)24-16-10-13(19(21,22)23)3-5-15(16)20/h3-10H,2,11H2,1H3,(H,24,26). The van der Waals surface area contributed by atoms with Crippen molar-refractivity contribution in [2.24, 2.45) is 0 Å². The second-order valence-electron chi connectivity index (χ2n) is 5.84. The summed E-state index contributed by atoms with van der Waals surface area (Å²) in [5.74, 6) is 0.241. The maximum absolute atomic E-state index is 12.8. The van der Waals surface area contributed by atoms with Gasteiger partial charge in [0, 0.05) is 17.1 Å². The van der Waals surface area contributed by atoms with Crippen LogP contribution < -0.4 is 10.1 Å². The van der Waals surface area contributed by atoms with Crippen molar-refractivity contribution >= 4 is 34.1 Å². The highest BCUT2D eigenvalue weighted by atomic mass is 35.5. The molecule has 0 atom stereocenters. The van der Waals surface area contributed by atoms with E-state index in [1.54, 1.807) is 16.8 Å². The number of carbonyl (C=O) groups is 1. The molecule has 1 aromatic heterocycles. The molecule has 0 bridgehead atoms. The summed E-state index contributed by atoms with van der Waals surface area (Å²) in [7, 11) is 0. The Morgan fingerprint density at radius 3 is 2.67 bits per heavy atom. The molecule has 4 nitrogen and oxygen atoms in total. The minimum absolute atomic E-state index is 0.0371. The van der Waals surface area contributed by atoms with Gasteiger partial charge in [-0.2, -0.15) is 13.2 Å². The molecule has 1 heterocycles. The quantitative estimate of drug-likeness (QED) is 0.631. The van der Waals surface area contributed by atoms with Gasteiger partial charge in [0.25, 0.3) is 0 Å². The Bertz CT molecular complexity index is 983. The lowest BCUT2D eigenvalue weighted by atomic mass is 10.2. The Kier molecular flexibility index (Phi) is 5.32. The van der Waals surface area contributed by atoms with Crippen LogP contribution in [-0.2, 0) is 17.5 Å². The van der Waals surface area contributed by atoms with Crippen molar-refractivity contribution in [3.05, 3.63) is 59.2 Å². The molecule has 27 heavy (non-hydrogen) atoms. The first kappa shape index (κ1) is 19.1. The number of carbonyl (C=O) groups excluding carboxylic acids is 1. The molecule has 0 radical (unpaired) electrons. The molecule has 0 saturated carbocycles. The van der Waals surface area contributed by atoms with Gasteiger partial charge < -0.3 is 14.6 Å². The molecule has 0 aliphatic rings. The summed E-state index contributed by atoms with van der Waals surface area (Å²) in [4.78, 5) is 12.3. The molecule has 0 fully saturated rings. The molecule has 3 aromatic rings. The van der Waals surface area contributed by atoms with E-state index >= 15 is 0 Å². The first-order chi connectivity index (χ1) is 12.8. The van der Waals surface area contributed by atoms with Crippen LogP contribution in [0.25, 0.3) is 10.9 Å². The van der Waals surface area contributed by atoms with Crippen molar-refractivity contribution in [1.82, 2.24) is 4.57 Å². The highest BCUT2D eigenvalue weighted by Gasteiger charge is 2.31. The maximum Gasteiger partial charge on any atom is 0.416 e. The molecule has 1 amide bonds. The lowest BCUT2D eigenvalue weighted by Crippen LogP contribution is -2.19. The number of anilines is 1. The van der Waals surface area contributed by atoms with Crippen LogP contribution in [0.4, 0.5) is 18.9 Å². The zero-order valence-electron chi connectivity index (χ0n) is 14.3. The number of benzene rings is 2. The SMILES string of the molecule is CCOc1ccc2c(ccn2CC(=O)Nc2cc(C(F)(F)F)ccc2Cl)c1. The molecule has 0 unspecified atom stereocenters. The van der Waals surface area contributed by atoms with Crippen molar-refractivity contribution in [2.45, 2.75) is 19.6 Å². The van der Waals surface area contributed by atoms with Crippen LogP contribution in [-0.4, -0.2) is 17.1 Å². The Morgan fingerprint density at radius 2 is 1.96 bits per heavy atom. The number of rotatable bonds is 5. The van der Waals surface area contributed by atoms with Gasteiger partial charge in [-0.05, 0) is 49.4 Å². The smallest absolute Gasteiger partial charge is 0.416 e. The first-order valence-electron chi connectivity index (χ1n) is 8.16. The molecule has 142 valence electrons. The number of alkyl halides is 3. The van der Waals surface area contributed by atoms with Crippen LogP contribution in [0.1, 0.15) is 12.5 Å². The number of hydrogen-bond donors (Lipinski definition) is 1. The molecular weight excluding hydrogens is 381 g/mol. The second kappa shape index (κ2) is 7.52. The summed E-state index contributed by atoms with van der Waals surface area (Å²) >= 11 is 5.91. The number of nitrogens with one attached hydrogen (secondary N) is 1. The third-order valence-electron chi connectivity index (χ3n) is 3.94. The van der Waals surface area contributed by atoms with Crippen LogP contribution in [0, 0.1) is 0 Å². The van der Waals surface area contributed by atoms with Gasteiger partial charge in [0.2, 0.25) is 5.91 Å². The highest BCUT2D eigenvalue weighted by Crippen LogP contribution is 2.33. The molecule has 0 spiro atoms. The molecule has 0 aliphatic carbocycles. The summed E-state index contributed by atoms with van der Waals surface area (Å²) in [6, 6.07) is 10.1. The summed E-state index contributed by atoms with van der Waals surface area (Å²) in [5.41, 5.74) is -0.146. The molecular formula is C19H16ClF3N2O2. The largest absolute Gasteiger partial charge is 0.494 e. The number of fused-ring (bicyclic) bond motifs is 1. The zero-order valence-corrected chi connectivity index (χ0v) is 15.1. The van der Waals surface area contributed by atoms with Gasteiger partial charge >= 0.3 is 6.18 Å². The maximum atomic E-state index is 12.8. The highest BCUT2D eigenvalue weighted by molar-refractivity contribution is 6.33. The second-order valence-corrected chi connectivity index (χ2v) is 6.25. The fourth-order valence-electron chi connectivity index (χ4n) is 2.71. The summed E-state index contributed by atoms with van der Waals surface area (Å²) in [6.45, 7) is 2.37. The third-order valence-corrected chi connectivity index (χ3v) is 4.26. The van der Waals surface area contributed by atoms with Gasteiger partial charge in [-0.25, -0.2) is 0 Å². The van der Waals surface area contributed by atoms with Crippen molar-refractivity contribution in [1.29, 1.82) is 0 Å². The van der Waals surface area contributed by atoms with Gasteiger partial charge in [0.05, 0.1) is 22.9 Å². The molecule has 3 rings (SSSR count). The van der Waals surface area contributed by atoms with E-state index in [0.717, 1.165) is 34.9 Å². The van der Waals surface area contributed by atoms with Gasteiger partial charge in [-0.1, -0.05) is 11.6 Å². The average molecular weight is 397 g/mol. The first-order valence-corrected chi connectivity index (χ1v) is 8.54. The molecule has 2 aromatic carbocycles. The van der Waals surface area contributed by atoms with Crippen LogP contribution in [0.5, 0.6) is 5.75 Å². The molecule has 0 saturated heterocycles. The predicted molar refractivity (Wildman–Crippen MR) is 98.2 cm³/mol. The summed E-state index contributed by atoms with van der Waals surface area (Å²) < 4.78 is 45.6. The van der Waals surface area contributed by atoms with E-state index in [1.807, 2.05) is 25.1 Å². The normalized spacial score (nSPS) is 11.6. The Labute approximate surface area is 158 Å². The lowest BCUT2D eigenvalue weighted by Gasteiger charge is -2.12. The summed E-state index contributed by atoms with van der Waals surface area (Å²) in [5, 5.41) is 3.37. The van der Waals surface area contributed by atoms with Crippen LogP contribution in [0.3, 0.4) is 0 Å². The van der Waals surface area contributed by atoms with E-state index in [1.165, 1.54) is 0 Å². The number of ether oxygens (including phenoxy) is 1. The fraction of sp³-hybridized carbons (Fsp3) is 0.211. The zero-order chi connectivity index (χ0) is 19.6. The van der Waals surface area contributed by atoms with Crippen molar-refractivity contribution < 1.29 is 22.7 Å². The minimum Gasteiger partial charge on any atom is -0.494 e. The van der Waals surface area contributed by atoms with Gasteiger partial charge in [0.15, 0.2) is 0 Å². The molecule has 1 N–H and O–H groups in total. The van der Waals surface area contributed by atoms with Crippen LogP contribution in [0.2, 0.25) is 5.02 Å². The van der Waals surface area contributed by atoms with E-state index < -0.39 is 17.6 Å². The number of halogens is 4. The van der Waals surface area contributed by atoms with Gasteiger partial charge in [-0.15, -0.1) is 0 Å². The number of nitrogens with zero attached hydrogens (tertiary/aromatic N) is 1. The number of amides is 1. The van der Waals surface area contributed by atoms with Crippen molar-refractivity contribution in [3.8, 4) is 5.75 Å². The van der Waals surface area contributed by atoms with Crippen molar-refractivity contribution in [3.63, 3.8) is 0 Å². The molecule has 8 heteroatoms. The fourth-order valence-corrected chi connectivity index (χ4v) is 2.88. The van der Waals surface area contributed by atoms with Crippen LogP contribution >= 0.6 is 11.6 Å². The van der Waals surface area contributed by atoms with E-state index in [9.17, 15) is 18.0 Å². The number of hydrogen-bond acceptors (Lipinski definition) is 2. The Morgan fingerprint density at radius 1 is 1.19 bits per heavy atom.